The van der Waals surface area contributed by atoms with Crippen LogP contribution >= 0.6 is 0 Å². The molecule has 2 aliphatic rings. The van der Waals surface area contributed by atoms with E-state index in [2.05, 4.69) is 172 Å². The molecule has 0 saturated heterocycles. The molecule has 0 fully saturated rings. The van der Waals surface area contributed by atoms with Crippen molar-refractivity contribution in [3.05, 3.63) is 215 Å². The van der Waals surface area contributed by atoms with Crippen LogP contribution in [0.3, 0.4) is 0 Å². The first kappa shape index (κ1) is 33.3. The van der Waals surface area contributed by atoms with Gasteiger partial charge in [0.05, 0.1) is 5.70 Å². The SMILES string of the molecule is C=C1\C=C(c2ccccc2)/C=C(c2ccccc2)\N=C/C=C(C2=CCC(C)C(c3cc(-c4ccccc4)cc(-c4ccccc4)c3N)=C2)\C=C\1C. The summed E-state index contributed by atoms with van der Waals surface area (Å²) >= 11 is 0. The molecule has 0 bridgehead atoms. The molecular weight excluding hydrogens is 617 g/mol. The molecule has 0 aromatic heterocycles. The monoisotopic (exact) mass is 658 g/mol. The highest BCUT2D eigenvalue weighted by Gasteiger charge is 2.22. The molecule has 1 aliphatic carbocycles. The quantitative estimate of drug-likeness (QED) is 0.181. The van der Waals surface area contributed by atoms with Crippen molar-refractivity contribution in [2.24, 2.45) is 10.9 Å². The number of benzene rings is 5. The van der Waals surface area contributed by atoms with Crippen LogP contribution in [0, 0.1) is 5.92 Å². The van der Waals surface area contributed by atoms with Crippen molar-refractivity contribution in [2.75, 3.05) is 5.73 Å². The van der Waals surface area contributed by atoms with Crippen LogP contribution in [0.1, 0.15) is 37.0 Å². The highest BCUT2D eigenvalue weighted by Crippen LogP contribution is 2.43. The number of hydrogen-bond acceptors (Lipinski definition) is 2. The average Bonchev–Trinajstić information content (AvgIpc) is 3.21. The van der Waals surface area contributed by atoms with E-state index in [1.54, 1.807) is 0 Å². The van der Waals surface area contributed by atoms with Crippen LogP contribution in [0.5, 0.6) is 0 Å². The second kappa shape index (κ2) is 15.1. The number of aliphatic imine (C=N–C) groups is 1. The number of hydrogen-bond donors (Lipinski definition) is 1. The van der Waals surface area contributed by atoms with Crippen LogP contribution in [-0.4, -0.2) is 6.21 Å². The van der Waals surface area contributed by atoms with Crippen molar-refractivity contribution in [1.29, 1.82) is 0 Å². The Hall–Kier alpha value is -6.25. The number of nitrogens with zero attached hydrogens (tertiary/aromatic N) is 1. The van der Waals surface area contributed by atoms with Gasteiger partial charge in [0.15, 0.2) is 0 Å². The minimum atomic E-state index is 0.284. The number of nitrogens with two attached hydrogens (primary N) is 1. The summed E-state index contributed by atoms with van der Waals surface area (Å²) in [7, 11) is 0. The Labute approximate surface area is 302 Å². The van der Waals surface area contributed by atoms with Gasteiger partial charge < -0.3 is 5.73 Å². The Balaban J connectivity index is 1.35. The van der Waals surface area contributed by atoms with E-state index in [0.29, 0.717) is 0 Å². The van der Waals surface area contributed by atoms with Crippen LogP contribution in [0.2, 0.25) is 0 Å². The normalized spacial score (nSPS) is 21.2. The van der Waals surface area contributed by atoms with Crippen molar-refractivity contribution >= 4 is 28.7 Å². The summed E-state index contributed by atoms with van der Waals surface area (Å²) in [5.41, 5.74) is 23.1. The number of allylic oxidation sites excluding steroid dienone is 12. The second-order valence-electron chi connectivity index (χ2n) is 13.2. The van der Waals surface area contributed by atoms with Gasteiger partial charge in [0, 0.05) is 28.6 Å². The van der Waals surface area contributed by atoms with Crippen molar-refractivity contribution in [3.8, 4) is 22.3 Å². The van der Waals surface area contributed by atoms with E-state index < -0.39 is 0 Å². The van der Waals surface area contributed by atoms with Gasteiger partial charge in [-0.1, -0.05) is 153 Å². The molecule has 248 valence electrons. The third-order valence-corrected chi connectivity index (χ3v) is 9.69. The highest BCUT2D eigenvalue weighted by atomic mass is 14.7. The molecule has 0 amide bonds. The Kier molecular flexibility index (Phi) is 9.85. The maximum Gasteiger partial charge on any atom is 0.0708 e. The molecule has 0 spiro atoms. The van der Waals surface area contributed by atoms with E-state index in [-0.39, 0.29) is 5.92 Å². The van der Waals surface area contributed by atoms with E-state index in [0.717, 1.165) is 79.1 Å². The molecule has 5 aromatic rings. The smallest absolute Gasteiger partial charge is 0.0708 e. The van der Waals surface area contributed by atoms with Crippen molar-refractivity contribution in [2.45, 2.75) is 20.3 Å². The lowest BCUT2D eigenvalue weighted by Crippen LogP contribution is -2.08. The molecule has 2 heteroatoms. The maximum absolute atomic E-state index is 7.12. The number of rotatable bonds is 6. The van der Waals surface area contributed by atoms with Gasteiger partial charge in [-0.3, -0.25) is 4.99 Å². The Bertz CT molecular complexity index is 2280. The van der Waals surface area contributed by atoms with Gasteiger partial charge >= 0.3 is 0 Å². The van der Waals surface area contributed by atoms with E-state index >= 15 is 0 Å². The molecule has 51 heavy (non-hydrogen) atoms. The Morgan fingerprint density at radius 2 is 1.16 bits per heavy atom. The zero-order valence-electron chi connectivity index (χ0n) is 29.3. The van der Waals surface area contributed by atoms with Gasteiger partial charge in [0.1, 0.15) is 0 Å². The molecular formula is C49H42N2. The third-order valence-electron chi connectivity index (χ3n) is 9.69. The van der Waals surface area contributed by atoms with Gasteiger partial charge in [-0.15, -0.1) is 0 Å². The zero-order chi connectivity index (χ0) is 35.2. The molecule has 2 N–H and O–H groups in total. The summed E-state index contributed by atoms with van der Waals surface area (Å²) in [6, 6.07) is 46.3. The van der Waals surface area contributed by atoms with Crippen LogP contribution in [0.15, 0.2) is 204 Å². The minimum absolute atomic E-state index is 0.284. The molecule has 0 radical (unpaired) electrons. The summed E-state index contributed by atoms with van der Waals surface area (Å²) in [6.45, 7) is 8.95. The predicted molar refractivity (Wildman–Crippen MR) is 220 cm³/mol. The Morgan fingerprint density at radius 1 is 0.588 bits per heavy atom. The van der Waals surface area contributed by atoms with Crippen LogP contribution in [-0.2, 0) is 0 Å². The molecule has 1 aliphatic heterocycles. The number of nitrogen functional groups attached to an aromatic ring is 1. The molecule has 7 rings (SSSR count). The Morgan fingerprint density at radius 3 is 1.80 bits per heavy atom. The van der Waals surface area contributed by atoms with Gasteiger partial charge in [0.25, 0.3) is 0 Å². The maximum atomic E-state index is 7.12. The highest BCUT2D eigenvalue weighted by molar-refractivity contribution is 5.94. The molecule has 0 saturated carbocycles. The van der Waals surface area contributed by atoms with Crippen molar-refractivity contribution in [1.82, 2.24) is 0 Å². The summed E-state index contributed by atoms with van der Waals surface area (Å²) in [5, 5.41) is 0. The van der Waals surface area contributed by atoms with Gasteiger partial charge in [-0.2, -0.15) is 0 Å². The number of anilines is 1. The van der Waals surface area contributed by atoms with Crippen LogP contribution < -0.4 is 5.73 Å². The van der Waals surface area contributed by atoms with Gasteiger partial charge in [0.2, 0.25) is 0 Å². The van der Waals surface area contributed by atoms with E-state index in [1.165, 1.54) is 11.1 Å². The van der Waals surface area contributed by atoms with E-state index in [1.807, 2.05) is 24.4 Å². The van der Waals surface area contributed by atoms with Crippen LogP contribution in [0.25, 0.3) is 39.1 Å². The first-order valence-electron chi connectivity index (χ1n) is 17.6. The minimum Gasteiger partial charge on any atom is -0.398 e. The van der Waals surface area contributed by atoms with Crippen molar-refractivity contribution in [3.63, 3.8) is 0 Å². The van der Waals surface area contributed by atoms with Gasteiger partial charge in [-0.05, 0) is 105 Å². The largest absolute Gasteiger partial charge is 0.398 e. The fourth-order valence-electron chi connectivity index (χ4n) is 6.73. The first-order valence-corrected chi connectivity index (χ1v) is 17.6. The van der Waals surface area contributed by atoms with Crippen LogP contribution in [0.4, 0.5) is 5.69 Å². The summed E-state index contributed by atoms with van der Waals surface area (Å²) in [4.78, 5) is 5.06. The molecule has 2 nitrogen and oxygen atoms in total. The standard InChI is InChI=1S/C49H42N2/c1-34-24-25-41(30-45(34)47-32-44(38-18-10-5-11-19-38)31-46(49(47)50)39-20-12-6-13-21-39)42-26-27-51-48(40-22-14-7-15-23-40)33-43(29-36(3)35(2)28-42)37-16-8-4-9-17-37/h4-23,25-34H,3,24,50H2,1-2H3/b35-28+,42-26+,43-29+,48-33-,51-27-. The second-order valence-corrected chi connectivity index (χ2v) is 13.2. The first-order chi connectivity index (χ1) is 24.9. The summed E-state index contributed by atoms with van der Waals surface area (Å²) in [5.74, 6) is 0.284. The lowest BCUT2D eigenvalue weighted by molar-refractivity contribution is 0.754. The van der Waals surface area contributed by atoms with Crippen molar-refractivity contribution < 1.29 is 0 Å². The topological polar surface area (TPSA) is 38.4 Å². The zero-order valence-corrected chi connectivity index (χ0v) is 29.3. The third kappa shape index (κ3) is 7.51. The summed E-state index contributed by atoms with van der Waals surface area (Å²) in [6.07, 6.45) is 16.2. The molecule has 1 unspecified atom stereocenters. The predicted octanol–water partition coefficient (Wildman–Crippen LogP) is 12.6. The van der Waals surface area contributed by atoms with E-state index in [9.17, 15) is 0 Å². The summed E-state index contributed by atoms with van der Waals surface area (Å²) < 4.78 is 0. The molecule has 1 heterocycles. The molecule has 5 aromatic carbocycles. The van der Waals surface area contributed by atoms with Gasteiger partial charge in [-0.25, -0.2) is 0 Å². The molecule has 1 atom stereocenters. The fraction of sp³-hybridized carbons (Fsp3) is 0.0816. The lowest BCUT2D eigenvalue weighted by Gasteiger charge is -2.25. The fourth-order valence-corrected chi connectivity index (χ4v) is 6.73. The lowest BCUT2D eigenvalue weighted by atomic mass is 9.80. The van der Waals surface area contributed by atoms with E-state index in [4.69, 9.17) is 10.7 Å². The average molecular weight is 659 g/mol.